The van der Waals surface area contributed by atoms with E-state index >= 15 is 0 Å². The normalized spacial score (nSPS) is 23.7. The smallest absolute Gasteiger partial charge is 0.0931 e. The molecule has 1 fully saturated rings. The number of halogens is 1. The molecule has 1 saturated heterocycles. The highest BCUT2D eigenvalue weighted by Crippen LogP contribution is 2.34. The molecule has 3 unspecified atom stereocenters. The minimum Gasteiger partial charge on any atom is -0.377 e. The van der Waals surface area contributed by atoms with Crippen molar-refractivity contribution in [3.05, 3.63) is 21.3 Å². The average molecular weight is 317 g/mol. The zero-order chi connectivity index (χ0) is 14.5. The lowest BCUT2D eigenvalue weighted by Gasteiger charge is -2.39. The molecule has 114 valence electrons. The van der Waals surface area contributed by atoms with Gasteiger partial charge in [0.25, 0.3) is 0 Å². The molecule has 3 nitrogen and oxygen atoms in total. The molecule has 2 rings (SSSR count). The Bertz CT molecular complexity index is 410. The third-order valence-electron chi connectivity index (χ3n) is 3.74. The number of thiophene rings is 1. The van der Waals surface area contributed by atoms with Crippen molar-refractivity contribution in [3.8, 4) is 0 Å². The van der Waals surface area contributed by atoms with Crippen LogP contribution in [0.1, 0.15) is 44.0 Å². The van der Waals surface area contributed by atoms with Crippen LogP contribution >= 0.6 is 22.9 Å². The van der Waals surface area contributed by atoms with Gasteiger partial charge < -0.3 is 10.5 Å². The van der Waals surface area contributed by atoms with Gasteiger partial charge in [-0.2, -0.15) is 0 Å². The van der Waals surface area contributed by atoms with E-state index in [0.717, 1.165) is 36.9 Å². The van der Waals surface area contributed by atoms with Gasteiger partial charge in [-0.25, -0.2) is 0 Å². The fourth-order valence-electron chi connectivity index (χ4n) is 2.90. The Morgan fingerprint density at radius 2 is 2.35 bits per heavy atom. The summed E-state index contributed by atoms with van der Waals surface area (Å²) in [6.45, 7) is 7.15. The van der Waals surface area contributed by atoms with Crippen LogP contribution in [0.15, 0.2) is 12.1 Å². The van der Waals surface area contributed by atoms with E-state index in [9.17, 15) is 0 Å². The van der Waals surface area contributed by atoms with Crippen LogP contribution in [0.3, 0.4) is 0 Å². The van der Waals surface area contributed by atoms with Crippen LogP contribution < -0.4 is 5.73 Å². The largest absolute Gasteiger partial charge is 0.377 e. The van der Waals surface area contributed by atoms with E-state index < -0.39 is 0 Å². The summed E-state index contributed by atoms with van der Waals surface area (Å²) in [7, 11) is 0. The van der Waals surface area contributed by atoms with Crippen molar-refractivity contribution >= 4 is 22.9 Å². The number of hydrogen-bond donors (Lipinski definition) is 1. The maximum atomic E-state index is 6.24. The summed E-state index contributed by atoms with van der Waals surface area (Å²) in [6.07, 6.45) is 3.76. The first-order valence-corrected chi connectivity index (χ1v) is 8.67. The van der Waals surface area contributed by atoms with E-state index in [1.54, 1.807) is 11.3 Å². The van der Waals surface area contributed by atoms with Crippen LogP contribution in [0.5, 0.6) is 0 Å². The Kier molecular flexibility index (Phi) is 6.30. The van der Waals surface area contributed by atoms with E-state index in [4.69, 9.17) is 22.1 Å². The predicted molar refractivity (Wildman–Crippen MR) is 86.6 cm³/mol. The summed E-state index contributed by atoms with van der Waals surface area (Å²) in [4.78, 5) is 3.73. The highest BCUT2D eigenvalue weighted by Gasteiger charge is 2.30. The number of nitrogens with zero attached hydrogens (tertiary/aromatic N) is 1. The molecule has 0 aliphatic carbocycles. The van der Waals surface area contributed by atoms with E-state index in [-0.39, 0.29) is 12.1 Å². The van der Waals surface area contributed by atoms with Crippen molar-refractivity contribution in [2.24, 2.45) is 5.73 Å². The van der Waals surface area contributed by atoms with Crippen molar-refractivity contribution in [1.82, 2.24) is 4.90 Å². The monoisotopic (exact) mass is 316 g/mol. The van der Waals surface area contributed by atoms with Crippen molar-refractivity contribution in [2.45, 2.75) is 51.3 Å². The first-order valence-electron chi connectivity index (χ1n) is 7.48. The molecule has 3 atom stereocenters. The van der Waals surface area contributed by atoms with Gasteiger partial charge in [-0.15, -0.1) is 11.3 Å². The van der Waals surface area contributed by atoms with Crippen LogP contribution in [0.4, 0.5) is 0 Å². The molecule has 1 aliphatic rings. The van der Waals surface area contributed by atoms with E-state index in [1.165, 1.54) is 11.3 Å². The van der Waals surface area contributed by atoms with Gasteiger partial charge in [0.2, 0.25) is 0 Å². The molecule has 0 bridgehead atoms. The Hall–Kier alpha value is -0.130. The van der Waals surface area contributed by atoms with Gasteiger partial charge in [0, 0.05) is 24.1 Å². The summed E-state index contributed by atoms with van der Waals surface area (Å²) in [5.41, 5.74) is 6.24. The Labute approximate surface area is 131 Å². The van der Waals surface area contributed by atoms with Gasteiger partial charge in [-0.1, -0.05) is 18.5 Å². The van der Waals surface area contributed by atoms with Gasteiger partial charge >= 0.3 is 0 Å². The lowest BCUT2D eigenvalue weighted by Crippen LogP contribution is -2.46. The third kappa shape index (κ3) is 4.18. The van der Waals surface area contributed by atoms with Crippen molar-refractivity contribution < 1.29 is 4.74 Å². The minimum absolute atomic E-state index is 0.0923. The maximum Gasteiger partial charge on any atom is 0.0931 e. The van der Waals surface area contributed by atoms with Crippen LogP contribution in [-0.4, -0.2) is 36.7 Å². The summed E-state index contributed by atoms with van der Waals surface area (Å²) in [6, 6.07) is 4.42. The summed E-state index contributed by atoms with van der Waals surface area (Å²) >= 11 is 7.72. The third-order valence-corrected chi connectivity index (χ3v) is 5.05. The van der Waals surface area contributed by atoms with Crippen molar-refractivity contribution in [2.75, 3.05) is 19.7 Å². The summed E-state index contributed by atoms with van der Waals surface area (Å²) in [5.74, 6) is 0. The molecule has 2 N–H and O–H groups in total. The first kappa shape index (κ1) is 16.2. The Morgan fingerprint density at radius 3 is 2.95 bits per heavy atom. The highest BCUT2D eigenvalue weighted by atomic mass is 35.5. The molecule has 0 aromatic carbocycles. The maximum absolute atomic E-state index is 6.24. The molecule has 1 aromatic rings. The minimum atomic E-state index is 0.0923. The number of rotatable bonds is 6. The van der Waals surface area contributed by atoms with Crippen LogP contribution in [0, 0.1) is 0 Å². The van der Waals surface area contributed by atoms with Crippen LogP contribution in [-0.2, 0) is 4.74 Å². The molecular weight excluding hydrogens is 292 g/mol. The zero-order valence-corrected chi connectivity index (χ0v) is 13.9. The summed E-state index contributed by atoms with van der Waals surface area (Å²) < 4.78 is 6.76. The second-order valence-corrected chi connectivity index (χ2v) is 7.32. The lowest BCUT2D eigenvalue weighted by atomic mass is 10.0. The molecule has 1 aromatic heterocycles. The highest BCUT2D eigenvalue weighted by molar-refractivity contribution is 7.16. The SMILES string of the molecule is CCCOC1CCCN(C(c2ccc(Cl)s2)C(C)N)C1. The fraction of sp³-hybridized carbons (Fsp3) is 0.733. The number of piperidine rings is 1. The molecule has 5 heteroatoms. The van der Waals surface area contributed by atoms with E-state index in [0.29, 0.717) is 6.10 Å². The van der Waals surface area contributed by atoms with Gasteiger partial charge in [-0.3, -0.25) is 4.90 Å². The second kappa shape index (κ2) is 7.76. The number of nitrogens with two attached hydrogens (primary N) is 1. The lowest BCUT2D eigenvalue weighted by molar-refractivity contribution is -0.0150. The van der Waals surface area contributed by atoms with Crippen molar-refractivity contribution in [3.63, 3.8) is 0 Å². The number of hydrogen-bond acceptors (Lipinski definition) is 4. The molecule has 2 heterocycles. The van der Waals surface area contributed by atoms with Gasteiger partial charge in [0.05, 0.1) is 16.5 Å². The molecule has 1 aliphatic heterocycles. The number of likely N-dealkylation sites (tertiary alicyclic amines) is 1. The van der Waals surface area contributed by atoms with Crippen LogP contribution in [0.2, 0.25) is 4.34 Å². The first-order chi connectivity index (χ1) is 9.61. The van der Waals surface area contributed by atoms with Gasteiger partial charge in [0.15, 0.2) is 0 Å². The Morgan fingerprint density at radius 1 is 1.55 bits per heavy atom. The van der Waals surface area contributed by atoms with Crippen LogP contribution in [0.25, 0.3) is 0 Å². The Balaban J connectivity index is 2.05. The van der Waals surface area contributed by atoms with Gasteiger partial charge in [-0.05, 0) is 44.9 Å². The summed E-state index contributed by atoms with van der Waals surface area (Å²) in [5, 5.41) is 0. The molecule has 0 saturated carbocycles. The second-order valence-electron chi connectivity index (χ2n) is 5.58. The molecular formula is C15H25ClN2OS. The zero-order valence-electron chi connectivity index (χ0n) is 12.3. The van der Waals surface area contributed by atoms with Gasteiger partial charge in [0.1, 0.15) is 0 Å². The standard InChI is InChI=1S/C15H25ClN2OS/c1-3-9-19-12-5-4-8-18(10-12)15(11(2)17)13-6-7-14(16)20-13/h6-7,11-12,15H,3-5,8-10,17H2,1-2H3. The van der Waals surface area contributed by atoms with Crippen molar-refractivity contribution in [1.29, 1.82) is 0 Å². The number of ether oxygens (including phenoxy) is 1. The average Bonchev–Trinajstić information content (AvgIpc) is 2.83. The fourth-order valence-corrected chi connectivity index (χ4v) is 4.21. The molecule has 0 radical (unpaired) electrons. The molecule has 0 amide bonds. The molecule has 20 heavy (non-hydrogen) atoms. The van der Waals surface area contributed by atoms with E-state index in [2.05, 4.69) is 24.8 Å². The quantitative estimate of drug-likeness (QED) is 0.870. The molecule has 0 spiro atoms. The van der Waals surface area contributed by atoms with E-state index in [1.807, 2.05) is 6.07 Å². The topological polar surface area (TPSA) is 38.5 Å². The predicted octanol–water partition coefficient (Wildman–Crippen LogP) is 3.68.